The summed E-state index contributed by atoms with van der Waals surface area (Å²) in [6, 6.07) is 10.1. The van der Waals surface area contributed by atoms with Crippen LogP contribution in [0.2, 0.25) is 0 Å². The molecule has 1 atom stereocenters. The van der Waals surface area contributed by atoms with Gasteiger partial charge in [0.15, 0.2) is 0 Å². The van der Waals surface area contributed by atoms with Gasteiger partial charge in [0.05, 0.1) is 7.11 Å². The fourth-order valence-electron chi connectivity index (χ4n) is 2.26. The van der Waals surface area contributed by atoms with Crippen LogP contribution in [0.1, 0.15) is 18.9 Å². The Balaban J connectivity index is 2.84. The zero-order valence-electron chi connectivity index (χ0n) is 13.0. The fraction of sp³-hybridized carbons (Fsp3) is 0.562. The fourth-order valence-corrected chi connectivity index (χ4v) is 2.26. The predicted octanol–water partition coefficient (Wildman–Crippen LogP) is 1.70. The van der Waals surface area contributed by atoms with E-state index in [1.54, 1.807) is 0 Å². The first kappa shape index (κ1) is 16.7. The summed E-state index contributed by atoms with van der Waals surface area (Å²) >= 11 is 0. The van der Waals surface area contributed by atoms with Gasteiger partial charge in [0.25, 0.3) is 0 Å². The SMILES string of the molecule is CCC(Cc1ccccc1)(NCCN(C)C)C(=O)OC. The van der Waals surface area contributed by atoms with E-state index in [-0.39, 0.29) is 5.97 Å². The molecule has 0 aliphatic heterocycles. The second kappa shape index (κ2) is 8.02. The molecule has 1 rings (SSSR count). The third-order valence-corrected chi connectivity index (χ3v) is 3.55. The number of nitrogens with one attached hydrogen (secondary N) is 1. The van der Waals surface area contributed by atoms with Crippen LogP contribution in [0.25, 0.3) is 0 Å². The van der Waals surface area contributed by atoms with Crippen LogP contribution in [0.5, 0.6) is 0 Å². The molecule has 0 bridgehead atoms. The first-order valence-electron chi connectivity index (χ1n) is 7.06. The largest absolute Gasteiger partial charge is 0.468 e. The van der Waals surface area contributed by atoms with Gasteiger partial charge in [-0.15, -0.1) is 0 Å². The summed E-state index contributed by atoms with van der Waals surface area (Å²) in [4.78, 5) is 14.3. The van der Waals surface area contributed by atoms with E-state index in [0.29, 0.717) is 12.8 Å². The minimum Gasteiger partial charge on any atom is -0.468 e. The van der Waals surface area contributed by atoms with Crippen LogP contribution in [0.4, 0.5) is 0 Å². The molecule has 1 aromatic rings. The van der Waals surface area contributed by atoms with Crippen LogP contribution in [-0.2, 0) is 16.0 Å². The van der Waals surface area contributed by atoms with Crippen LogP contribution in [0.15, 0.2) is 30.3 Å². The summed E-state index contributed by atoms with van der Waals surface area (Å²) in [5.41, 5.74) is 0.489. The Kier molecular flexibility index (Phi) is 6.68. The third kappa shape index (κ3) is 4.62. The minimum atomic E-state index is -0.647. The number of hydrogen-bond donors (Lipinski definition) is 1. The molecule has 0 aliphatic carbocycles. The average Bonchev–Trinajstić information content (AvgIpc) is 2.46. The molecule has 0 saturated carbocycles. The zero-order chi connectivity index (χ0) is 15.0. The zero-order valence-corrected chi connectivity index (χ0v) is 13.0. The molecule has 0 heterocycles. The summed E-state index contributed by atoms with van der Waals surface area (Å²) in [7, 11) is 5.49. The molecule has 0 radical (unpaired) electrons. The van der Waals surface area contributed by atoms with Gasteiger partial charge in [-0.25, -0.2) is 0 Å². The summed E-state index contributed by atoms with van der Waals surface area (Å²) in [6.45, 7) is 3.65. The summed E-state index contributed by atoms with van der Waals surface area (Å²) in [5.74, 6) is -0.192. The highest BCUT2D eigenvalue weighted by atomic mass is 16.5. The van der Waals surface area contributed by atoms with E-state index in [1.165, 1.54) is 7.11 Å². The van der Waals surface area contributed by atoms with E-state index in [2.05, 4.69) is 10.2 Å². The first-order valence-corrected chi connectivity index (χ1v) is 7.06. The minimum absolute atomic E-state index is 0.192. The van der Waals surface area contributed by atoms with Crippen LogP contribution < -0.4 is 5.32 Å². The van der Waals surface area contributed by atoms with Gasteiger partial charge in [0, 0.05) is 19.5 Å². The Morgan fingerprint density at radius 3 is 2.45 bits per heavy atom. The third-order valence-electron chi connectivity index (χ3n) is 3.55. The summed E-state index contributed by atoms with van der Waals surface area (Å²) < 4.78 is 5.02. The predicted molar refractivity (Wildman–Crippen MR) is 81.7 cm³/mol. The molecular weight excluding hydrogens is 252 g/mol. The Morgan fingerprint density at radius 1 is 1.30 bits per heavy atom. The van der Waals surface area contributed by atoms with Crippen LogP contribution >= 0.6 is 0 Å². The van der Waals surface area contributed by atoms with Gasteiger partial charge in [-0.2, -0.15) is 0 Å². The molecule has 1 aromatic carbocycles. The highest BCUT2D eigenvalue weighted by Gasteiger charge is 2.37. The molecule has 0 saturated heterocycles. The second-order valence-corrected chi connectivity index (χ2v) is 5.32. The van der Waals surface area contributed by atoms with Gasteiger partial charge in [0.2, 0.25) is 0 Å². The normalized spacial score (nSPS) is 14.1. The number of esters is 1. The van der Waals surface area contributed by atoms with Crippen molar-refractivity contribution in [1.82, 2.24) is 10.2 Å². The Morgan fingerprint density at radius 2 is 1.95 bits per heavy atom. The molecular formula is C16H26N2O2. The molecule has 4 heteroatoms. The lowest BCUT2D eigenvalue weighted by atomic mass is 9.88. The maximum absolute atomic E-state index is 12.2. The Hall–Kier alpha value is -1.39. The van der Waals surface area contributed by atoms with E-state index in [9.17, 15) is 4.79 Å². The van der Waals surface area contributed by atoms with Gasteiger partial charge in [-0.1, -0.05) is 37.3 Å². The molecule has 0 spiro atoms. The highest BCUT2D eigenvalue weighted by Crippen LogP contribution is 2.19. The van der Waals surface area contributed by atoms with E-state index >= 15 is 0 Å². The number of ether oxygens (including phenoxy) is 1. The Bertz CT molecular complexity index is 406. The van der Waals surface area contributed by atoms with Crippen molar-refractivity contribution in [2.75, 3.05) is 34.3 Å². The maximum Gasteiger partial charge on any atom is 0.326 e. The number of likely N-dealkylation sites (N-methyl/N-ethyl adjacent to an activating group) is 1. The number of carbonyl (C=O) groups excluding carboxylic acids is 1. The van der Waals surface area contributed by atoms with Crippen molar-refractivity contribution in [3.8, 4) is 0 Å². The molecule has 0 fully saturated rings. The van der Waals surface area contributed by atoms with Crippen molar-refractivity contribution >= 4 is 5.97 Å². The van der Waals surface area contributed by atoms with Crippen molar-refractivity contribution in [1.29, 1.82) is 0 Å². The lowest BCUT2D eigenvalue weighted by molar-refractivity contribution is -0.148. The van der Waals surface area contributed by atoms with E-state index in [1.807, 2.05) is 51.4 Å². The van der Waals surface area contributed by atoms with Crippen LogP contribution in [0, 0.1) is 0 Å². The molecule has 4 nitrogen and oxygen atoms in total. The van der Waals surface area contributed by atoms with Gasteiger partial charge < -0.3 is 15.0 Å². The van der Waals surface area contributed by atoms with Crippen LogP contribution in [0.3, 0.4) is 0 Å². The first-order chi connectivity index (χ1) is 9.54. The van der Waals surface area contributed by atoms with Gasteiger partial charge in [0.1, 0.15) is 5.54 Å². The van der Waals surface area contributed by atoms with Crippen molar-refractivity contribution in [3.63, 3.8) is 0 Å². The molecule has 1 unspecified atom stereocenters. The van der Waals surface area contributed by atoms with Crippen molar-refractivity contribution < 1.29 is 9.53 Å². The number of rotatable bonds is 8. The van der Waals surface area contributed by atoms with Crippen molar-refractivity contribution in [3.05, 3.63) is 35.9 Å². The van der Waals surface area contributed by atoms with Crippen molar-refractivity contribution in [2.45, 2.75) is 25.3 Å². The molecule has 1 N–H and O–H groups in total. The van der Waals surface area contributed by atoms with Gasteiger partial charge >= 0.3 is 5.97 Å². The number of carbonyl (C=O) groups is 1. The lowest BCUT2D eigenvalue weighted by Gasteiger charge is -2.32. The standard InChI is InChI=1S/C16H26N2O2/c1-5-16(15(19)20-4,17-11-12-18(2)3)13-14-9-7-6-8-10-14/h6-10,17H,5,11-13H2,1-4H3. The molecule has 112 valence electrons. The van der Waals surface area contributed by atoms with E-state index < -0.39 is 5.54 Å². The second-order valence-electron chi connectivity index (χ2n) is 5.32. The summed E-state index contributed by atoms with van der Waals surface area (Å²) in [6.07, 6.45) is 1.34. The molecule has 0 amide bonds. The van der Waals surface area contributed by atoms with Crippen LogP contribution in [-0.4, -0.2) is 50.7 Å². The number of hydrogen-bond acceptors (Lipinski definition) is 4. The van der Waals surface area contributed by atoms with Gasteiger partial charge in [-0.05, 0) is 26.1 Å². The molecule has 20 heavy (non-hydrogen) atoms. The lowest BCUT2D eigenvalue weighted by Crippen LogP contribution is -2.55. The molecule has 0 aliphatic rings. The monoisotopic (exact) mass is 278 g/mol. The van der Waals surface area contributed by atoms with Crippen molar-refractivity contribution in [2.24, 2.45) is 0 Å². The maximum atomic E-state index is 12.2. The number of methoxy groups -OCH3 is 1. The number of nitrogens with zero attached hydrogens (tertiary/aromatic N) is 1. The highest BCUT2D eigenvalue weighted by molar-refractivity contribution is 5.81. The number of benzene rings is 1. The summed E-state index contributed by atoms with van der Waals surface area (Å²) in [5, 5.41) is 3.40. The smallest absolute Gasteiger partial charge is 0.326 e. The van der Waals surface area contributed by atoms with Gasteiger partial charge in [-0.3, -0.25) is 4.79 Å². The van der Waals surface area contributed by atoms with E-state index in [4.69, 9.17) is 4.74 Å². The Labute approximate surface area is 122 Å². The quantitative estimate of drug-likeness (QED) is 0.735. The van der Waals surface area contributed by atoms with E-state index in [0.717, 1.165) is 18.7 Å². The average molecular weight is 278 g/mol. The topological polar surface area (TPSA) is 41.6 Å². The molecule has 0 aromatic heterocycles.